The number of hydrogen-bond donors (Lipinski definition) is 2. The highest BCUT2D eigenvalue weighted by molar-refractivity contribution is 6.30. The van der Waals surface area contributed by atoms with Gasteiger partial charge in [0, 0.05) is 29.7 Å². The Bertz CT molecular complexity index is 831. The number of halogens is 2. The van der Waals surface area contributed by atoms with Crippen LogP contribution in [0.2, 0.25) is 10.0 Å². The van der Waals surface area contributed by atoms with Crippen LogP contribution in [0.25, 0.3) is 0 Å². The van der Waals surface area contributed by atoms with Crippen molar-refractivity contribution in [3.05, 3.63) is 69.7 Å². The highest BCUT2D eigenvalue weighted by atomic mass is 35.5. The molecule has 1 atom stereocenters. The molecule has 1 saturated heterocycles. The van der Waals surface area contributed by atoms with Gasteiger partial charge in [-0.25, -0.2) is 0 Å². The SMILES string of the molecule is CC(C)[C@@H](NCc1cccc(Cl)c1)C(=O)N1CCC(O)(c2ccc(Cl)cc2)CC1. The molecule has 0 spiro atoms. The molecule has 1 aliphatic heterocycles. The second-order valence-electron chi connectivity index (χ2n) is 8.10. The van der Waals surface area contributed by atoms with Gasteiger partial charge in [-0.2, -0.15) is 0 Å². The summed E-state index contributed by atoms with van der Waals surface area (Å²) in [5, 5.41) is 15.8. The quantitative estimate of drug-likeness (QED) is 0.697. The molecule has 1 fully saturated rings. The smallest absolute Gasteiger partial charge is 0.239 e. The van der Waals surface area contributed by atoms with E-state index < -0.39 is 5.60 Å². The summed E-state index contributed by atoms with van der Waals surface area (Å²) in [7, 11) is 0. The summed E-state index contributed by atoms with van der Waals surface area (Å²) in [6.45, 7) is 5.72. The van der Waals surface area contributed by atoms with Gasteiger partial charge >= 0.3 is 0 Å². The number of rotatable bonds is 6. The summed E-state index contributed by atoms with van der Waals surface area (Å²) in [6.07, 6.45) is 1.03. The van der Waals surface area contributed by atoms with E-state index in [1.165, 1.54) is 0 Å². The van der Waals surface area contributed by atoms with Crippen LogP contribution in [0.15, 0.2) is 48.5 Å². The number of benzene rings is 2. The van der Waals surface area contributed by atoms with E-state index in [0.29, 0.717) is 42.5 Å². The zero-order chi connectivity index (χ0) is 21.0. The topological polar surface area (TPSA) is 52.6 Å². The van der Waals surface area contributed by atoms with E-state index in [1.807, 2.05) is 55.1 Å². The van der Waals surface area contributed by atoms with E-state index in [-0.39, 0.29) is 17.9 Å². The van der Waals surface area contributed by atoms with Crippen LogP contribution in [0.3, 0.4) is 0 Å². The minimum atomic E-state index is -0.914. The van der Waals surface area contributed by atoms with Gasteiger partial charge in [0.1, 0.15) is 0 Å². The third-order valence-electron chi connectivity index (χ3n) is 5.63. The van der Waals surface area contributed by atoms with Crippen LogP contribution in [0.1, 0.15) is 37.8 Å². The summed E-state index contributed by atoms with van der Waals surface area (Å²) >= 11 is 12.0. The Kier molecular flexibility index (Phi) is 7.23. The Morgan fingerprint density at radius 3 is 2.34 bits per heavy atom. The number of carbonyl (C=O) groups excluding carboxylic acids is 1. The lowest BCUT2D eigenvalue weighted by atomic mass is 9.84. The third kappa shape index (κ3) is 5.52. The maximum Gasteiger partial charge on any atom is 0.239 e. The number of nitrogens with one attached hydrogen (secondary N) is 1. The first-order valence-corrected chi connectivity index (χ1v) is 10.8. The first kappa shape index (κ1) is 22.1. The van der Waals surface area contributed by atoms with E-state index in [2.05, 4.69) is 5.32 Å². The third-order valence-corrected chi connectivity index (χ3v) is 6.12. The molecule has 0 aromatic heterocycles. The number of aliphatic hydroxyl groups is 1. The number of piperidine rings is 1. The summed E-state index contributed by atoms with van der Waals surface area (Å²) in [5.41, 5.74) is 0.989. The van der Waals surface area contributed by atoms with Gasteiger partial charge in [0.15, 0.2) is 0 Å². The molecule has 0 radical (unpaired) electrons. The average Bonchev–Trinajstić information content (AvgIpc) is 2.69. The fourth-order valence-electron chi connectivity index (χ4n) is 3.83. The van der Waals surface area contributed by atoms with Crippen LogP contribution in [-0.2, 0) is 16.9 Å². The van der Waals surface area contributed by atoms with Crippen LogP contribution in [0.4, 0.5) is 0 Å². The van der Waals surface area contributed by atoms with Crippen LogP contribution in [0.5, 0.6) is 0 Å². The molecule has 2 N–H and O–H groups in total. The first-order valence-electron chi connectivity index (χ1n) is 10.0. The second kappa shape index (κ2) is 9.48. The molecular weight excluding hydrogens is 407 g/mol. The fraction of sp³-hybridized carbons (Fsp3) is 0.435. The number of carbonyl (C=O) groups is 1. The molecule has 156 valence electrons. The van der Waals surface area contributed by atoms with Crippen LogP contribution in [0, 0.1) is 5.92 Å². The van der Waals surface area contributed by atoms with Crippen molar-refractivity contribution in [3.63, 3.8) is 0 Å². The second-order valence-corrected chi connectivity index (χ2v) is 8.97. The monoisotopic (exact) mass is 434 g/mol. The van der Waals surface area contributed by atoms with Crippen LogP contribution >= 0.6 is 23.2 Å². The van der Waals surface area contributed by atoms with Crippen molar-refractivity contribution in [3.8, 4) is 0 Å². The Balaban J connectivity index is 1.61. The van der Waals surface area contributed by atoms with Gasteiger partial charge in [0.25, 0.3) is 0 Å². The van der Waals surface area contributed by atoms with Gasteiger partial charge < -0.3 is 15.3 Å². The van der Waals surface area contributed by atoms with E-state index in [4.69, 9.17) is 23.2 Å². The molecule has 29 heavy (non-hydrogen) atoms. The van der Waals surface area contributed by atoms with Crippen molar-refractivity contribution in [2.24, 2.45) is 5.92 Å². The minimum Gasteiger partial charge on any atom is -0.385 e. The first-order chi connectivity index (χ1) is 13.8. The lowest BCUT2D eigenvalue weighted by Crippen LogP contribution is -2.53. The maximum absolute atomic E-state index is 13.2. The van der Waals surface area contributed by atoms with E-state index in [0.717, 1.165) is 11.1 Å². The van der Waals surface area contributed by atoms with E-state index >= 15 is 0 Å². The van der Waals surface area contributed by atoms with Crippen molar-refractivity contribution >= 4 is 29.1 Å². The van der Waals surface area contributed by atoms with Gasteiger partial charge in [0.05, 0.1) is 11.6 Å². The molecule has 6 heteroatoms. The summed E-state index contributed by atoms with van der Waals surface area (Å²) < 4.78 is 0. The highest BCUT2D eigenvalue weighted by Crippen LogP contribution is 2.33. The largest absolute Gasteiger partial charge is 0.385 e. The average molecular weight is 435 g/mol. The van der Waals surface area contributed by atoms with Gasteiger partial charge in [0.2, 0.25) is 5.91 Å². The maximum atomic E-state index is 13.2. The fourth-order valence-corrected chi connectivity index (χ4v) is 4.16. The molecule has 2 aromatic rings. The molecule has 0 aliphatic carbocycles. The van der Waals surface area contributed by atoms with E-state index in [9.17, 15) is 9.90 Å². The standard InChI is InChI=1S/C23H28Cl2N2O2/c1-16(2)21(26-15-17-4-3-5-20(25)14-17)22(28)27-12-10-23(29,11-13-27)18-6-8-19(24)9-7-18/h3-9,14,16,21,26,29H,10-13,15H2,1-2H3/t21-/m1/s1. The number of hydrogen-bond acceptors (Lipinski definition) is 3. The number of amides is 1. The molecule has 0 unspecified atom stereocenters. The number of likely N-dealkylation sites (tertiary alicyclic amines) is 1. The van der Waals surface area contributed by atoms with Crippen molar-refractivity contribution in [1.29, 1.82) is 0 Å². The highest BCUT2D eigenvalue weighted by Gasteiger charge is 2.37. The van der Waals surface area contributed by atoms with Crippen molar-refractivity contribution in [1.82, 2.24) is 10.2 Å². The van der Waals surface area contributed by atoms with Crippen LogP contribution < -0.4 is 5.32 Å². The lowest BCUT2D eigenvalue weighted by molar-refractivity contribution is -0.139. The predicted octanol–water partition coefficient (Wildman–Crippen LogP) is 4.62. The Morgan fingerprint density at radius 1 is 1.10 bits per heavy atom. The molecule has 3 rings (SSSR count). The molecule has 1 heterocycles. The van der Waals surface area contributed by atoms with Gasteiger partial charge in [-0.1, -0.05) is 61.3 Å². The van der Waals surface area contributed by atoms with Gasteiger partial charge in [-0.3, -0.25) is 4.79 Å². The lowest BCUT2D eigenvalue weighted by Gasteiger charge is -2.40. The molecule has 1 amide bonds. The molecular formula is C23H28Cl2N2O2. The van der Waals surface area contributed by atoms with Crippen molar-refractivity contribution in [2.45, 2.75) is 44.9 Å². The van der Waals surface area contributed by atoms with Crippen molar-refractivity contribution < 1.29 is 9.90 Å². The number of nitrogens with zero attached hydrogens (tertiary/aromatic N) is 1. The van der Waals surface area contributed by atoms with Gasteiger partial charge in [-0.05, 0) is 54.2 Å². The zero-order valence-electron chi connectivity index (χ0n) is 16.9. The molecule has 0 saturated carbocycles. The molecule has 0 bridgehead atoms. The Hall–Kier alpha value is -1.59. The van der Waals surface area contributed by atoms with Gasteiger partial charge in [-0.15, -0.1) is 0 Å². The summed E-state index contributed by atoms with van der Waals surface area (Å²) in [5.74, 6) is 0.235. The summed E-state index contributed by atoms with van der Waals surface area (Å²) in [6, 6.07) is 14.7. The van der Waals surface area contributed by atoms with Crippen LogP contribution in [-0.4, -0.2) is 35.0 Å². The summed E-state index contributed by atoms with van der Waals surface area (Å²) in [4.78, 5) is 15.0. The normalized spacial score (nSPS) is 17.4. The van der Waals surface area contributed by atoms with Crippen molar-refractivity contribution in [2.75, 3.05) is 13.1 Å². The molecule has 1 aliphatic rings. The Labute approximate surface area is 182 Å². The predicted molar refractivity (Wildman–Crippen MR) is 118 cm³/mol. The minimum absolute atomic E-state index is 0.0835. The Morgan fingerprint density at radius 2 is 1.76 bits per heavy atom. The molecule has 2 aromatic carbocycles. The molecule has 4 nitrogen and oxygen atoms in total. The van der Waals surface area contributed by atoms with E-state index in [1.54, 1.807) is 12.1 Å². The zero-order valence-corrected chi connectivity index (χ0v) is 18.4.